The molecule has 0 amide bonds. The quantitative estimate of drug-likeness (QED) is 0.374. The van der Waals surface area contributed by atoms with Crippen LogP contribution < -0.4 is 5.32 Å². The van der Waals surface area contributed by atoms with E-state index >= 15 is 0 Å². The minimum absolute atomic E-state index is 0.155. The van der Waals surface area contributed by atoms with E-state index in [1.807, 2.05) is 0 Å². The Bertz CT molecular complexity index is 567. The number of rotatable bonds is 5. The number of hydrogen-bond acceptors (Lipinski definition) is 7. The summed E-state index contributed by atoms with van der Waals surface area (Å²) >= 11 is 0. The van der Waals surface area contributed by atoms with Crippen LogP contribution in [0.15, 0.2) is 36.0 Å². The number of nitrogens with zero attached hydrogens (tertiary/aromatic N) is 1. The van der Waals surface area contributed by atoms with Gasteiger partial charge in [-0.2, -0.15) is 0 Å². The highest BCUT2D eigenvalue weighted by Gasteiger charge is 2.14. The summed E-state index contributed by atoms with van der Waals surface area (Å²) in [6.07, 6.45) is 0.894. The first-order valence-electron chi connectivity index (χ1n) is 5.37. The number of nitro benzene ring substituents is 1. The van der Waals surface area contributed by atoms with E-state index in [1.165, 1.54) is 24.3 Å². The van der Waals surface area contributed by atoms with Crippen molar-refractivity contribution in [3.8, 4) is 0 Å². The van der Waals surface area contributed by atoms with Crippen LogP contribution in [0.2, 0.25) is 0 Å². The van der Waals surface area contributed by atoms with Crippen molar-refractivity contribution >= 4 is 23.3 Å². The van der Waals surface area contributed by atoms with E-state index in [2.05, 4.69) is 14.8 Å². The van der Waals surface area contributed by atoms with E-state index < -0.39 is 16.9 Å². The van der Waals surface area contributed by atoms with E-state index in [4.69, 9.17) is 0 Å². The summed E-state index contributed by atoms with van der Waals surface area (Å²) in [6, 6.07) is 5.45. The zero-order chi connectivity index (χ0) is 15.1. The standard InChI is InChI=1S/C12H12N2O6/c1-19-11(15)7-10(12(16)20-2)13-8-4-3-5-9(6-8)14(17)18/h3-7,13H,1-2H3/b10-7-. The fourth-order valence-corrected chi connectivity index (χ4v) is 1.29. The monoisotopic (exact) mass is 280 g/mol. The number of esters is 2. The van der Waals surface area contributed by atoms with Crippen LogP contribution in [0.3, 0.4) is 0 Å². The Kier molecular flexibility index (Phi) is 5.21. The molecule has 1 aromatic rings. The molecule has 20 heavy (non-hydrogen) atoms. The summed E-state index contributed by atoms with van der Waals surface area (Å²) < 4.78 is 8.90. The zero-order valence-electron chi connectivity index (χ0n) is 10.8. The van der Waals surface area contributed by atoms with Gasteiger partial charge in [-0.05, 0) is 6.07 Å². The Morgan fingerprint density at radius 2 is 2.00 bits per heavy atom. The predicted octanol–water partition coefficient (Wildman–Crippen LogP) is 1.24. The van der Waals surface area contributed by atoms with Crippen molar-refractivity contribution in [2.75, 3.05) is 19.5 Å². The first kappa shape index (κ1) is 15.2. The van der Waals surface area contributed by atoms with Gasteiger partial charge in [0.15, 0.2) is 0 Å². The fourth-order valence-electron chi connectivity index (χ4n) is 1.29. The Morgan fingerprint density at radius 3 is 2.55 bits per heavy atom. The van der Waals surface area contributed by atoms with Crippen molar-refractivity contribution in [3.63, 3.8) is 0 Å². The van der Waals surface area contributed by atoms with E-state index in [-0.39, 0.29) is 17.1 Å². The number of non-ortho nitro benzene ring substituents is 1. The maximum absolute atomic E-state index is 11.5. The molecule has 0 heterocycles. The molecule has 0 radical (unpaired) electrons. The molecule has 0 aliphatic heterocycles. The number of anilines is 1. The van der Waals surface area contributed by atoms with Gasteiger partial charge in [-0.1, -0.05) is 6.07 Å². The third-order valence-corrected chi connectivity index (χ3v) is 2.20. The molecular weight excluding hydrogens is 268 g/mol. The normalized spacial score (nSPS) is 10.6. The van der Waals surface area contributed by atoms with Crippen LogP contribution in [0, 0.1) is 10.1 Å². The lowest BCUT2D eigenvalue weighted by Gasteiger charge is -2.08. The van der Waals surface area contributed by atoms with Crippen molar-refractivity contribution in [1.82, 2.24) is 0 Å². The number of benzene rings is 1. The third-order valence-electron chi connectivity index (χ3n) is 2.20. The average molecular weight is 280 g/mol. The number of carbonyl (C=O) groups excluding carboxylic acids is 2. The van der Waals surface area contributed by atoms with Crippen molar-refractivity contribution in [2.24, 2.45) is 0 Å². The van der Waals surface area contributed by atoms with Crippen LogP contribution in [0.4, 0.5) is 11.4 Å². The minimum Gasteiger partial charge on any atom is -0.466 e. The molecule has 1 aromatic carbocycles. The average Bonchev–Trinajstić information content (AvgIpc) is 2.45. The lowest BCUT2D eigenvalue weighted by molar-refractivity contribution is -0.384. The van der Waals surface area contributed by atoms with Crippen LogP contribution in [0.25, 0.3) is 0 Å². The largest absolute Gasteiger partial charge is 0.466 e. The second-order valence-corrected chi connectivity index (χ2v) is 3.51. The molecule has 0 saturated heterocycles. The SMILES string of the molecule is COC(=O)/C=C(\Nc1cccc([N+](=O)[O-])c1)C(=O)OC. The van der Waals surface area contributed by atoms with Gasteiger partial charge in [0.2, 0.25) is 0 Å². The van der Waals surface area contributed by atoms with Gasteiger partial charge in [0.1, 0.15) is 5.70 Å². The van der Waals surface area contributed by atoms with E-state index in [0.29, 0.717) is 0 Å². The van der Waals surface area contributed by atoms with Crippen molar-refractivity contribution in [1.29, 1.82) is 0 Å². The summed E-state index contributed by atoms with van der Waals surface area (Å²) in [5.41, 5.74) is -0.0862. The molecule has 106 valence electrons. The van der Waals surface area contributed by atoms with Gasteiger partial charge in [0.05, 0.1) is 25.2 Å². The maximum atomic E-state index is 11.5. The molecule has 1 N–H and O–H groups in total. The molecule has 0 bridgehead atoms. The lowest BCUT2D eigenvalue weighted by atomic mass is 10.2. The van der Waals surface area contributed by atoms with Gasteiger partial charge in [-0.15, -0.1) is 0 Å². The topological polar surface area (TPSA) is 108 Å². The number of carbonyl (C=O) groups is 2. The van der Waals surface area contributed by atoms with Crippen LogP contribution in [-0.4, -0.2) is 31.1 Å². The third kappa shape index (κ3) is 4.09. The number of nitrogens with one attached hydrogen (secondary N) is 1. The summed E-state index contributed by atoms with van der Waals surface area (Å²) in [5.74, 6) is -1.56. The van der Waals surface area contributed by atoms with Crippen LogP contribution >= 0.6 is 0 Å². The molecule has 0 unspecified atom stereocenters. The fraction of sp³-hybridized carbons (Fsp3) is 0.167. The van der Waals surface area contributed by atoms with Crippen LogP contribution in [0.1, 0.15) is 0 Å². The molecule has 0 spiro atoms. The molecule has 0 fully saturated rings. The van der Waals surface area contributed by atoms with Gasteiger partial charge in [0, 0.05) is 17.8 Å². The summed E-state index contributed by atoms with van der Waals surface area (Å²) in [5, 5.41) is 13.2. The Morgan fingerprint density at radius 1 is 1.30 bits per heavy atom. The molecule has 0 atom stereocenters. The molecule has 0 aromatic heterocycles. The second-order valence-electron chi connectivity index (χ2n) is 3.51. The number of methoxy groups -OCH3 is 2. The summed E-state index contributed by atoms with van der Waals surface area (Å²) in [4.78, 5) is 32.7. The molecule has 0 aliphatic rings. The second kappa shape index (κ2) is 6.88. The summed E-state index contributed by atoms with van der Waals surface area (Å²) in [6.45, 7) is 0. The molecule has 1 rings (SSSR count). The Balaban J connectivity index is 3.04. The van der Waals surface area contributed by atoms with Crippen LogP contribution in [0.5, 0.6) is 0 Å². The first-order valence-corrected chi connectivity index (χ1v) is 5.37. The van der Waals surface area contributed by atoms with Gasteiger partial charge >= 0.3 is 11.9 Å². The molecule has 8 nitrogen and oxygen atoms in total. The minimum atomic E-state index is -0.804. The number of hydrogen-bond donors (Lipinski definition) is 1. The Labute approximate surface area is 114 Å². The highest BCUT2D eigenvalue weighted by atomic mass is 16.6. The molecule has 8 heteroatoms. The molecule has 0 saturated carbocycles. The Hall–Kier alpha value is -2.90. The predicted molar refractivity (Wildman–Crippen MR) is 68.8 cm³/mol. The summed E-state index contributed by atoms with van der Waals surface area (Å²) in [7, 11) is 2.30. The number of nitro groups is 1. The highest BCUT2D eigenvalue weighted by Crippen LogP contribution is 2.18. The van der Waals surface area contributed by atoms with Crippen LogP contribution in [-0.2, 0) is 19.1 Å². The number of ether oxygens (including phenoxy) is 2. The molecule has 0 aliphatic carbocycles. The van der Waals surface area contributed by atoms with Gasteiger partial charge in [-0.3, -0.25) is 10.1 Å². The van der Waals surface area contributed by atoms with E-state index in [1.54, 1.807) is 0 Å². The molecular formula is C12H12N2O6. The van der Waals surface area contributed by atoms with Crippen molar-refractivity contribution < 1.29 is 24.0 Å². The highest BCUT2D eigenvalue weighted by molar-refractivity contribution is 5.98. The maximum Gasteiger partial charge on any atom is 0.354 e. The zero-order valence-corrected chi connectivity index (χ0v) is 10.8. The van der Waals surface area contributed by atoms with Crippen molar-refractivity contribution in [2.45, 2.75) is 0 Å². The lowest BCUT2D eigenvalue weighted by Crippen LogP contribution is -2.15. The van der Waals surface area contributed by atoms with Gasteiger partial charge in [-0.25, -0.2) is 9.59 Å². The van der Waals surface area contributed by atoms with E-state index in [0.717, 1.165) is 20.3 Å². The van der Waals surface area contributed by atoms with Gasteiger partial charge in [0.25, 0.3) is 5.69 Å². The first-order chi connectivity index (χ1) is 9.47. The van der Waals surface area contributed by atoms with Crippen molar-refractivity contribution in [3.05, 3.63) is 46.2 Å². The van der Waals surface area contributed by atoms with Gasteiger partial charge < -0.3 is 14.8 Å². The smallest absolute Gasteiger partial charge is 0.354 e. The van der Waals surface area contributed by atoms with E-state index in [9.17, 15) is 19.7 Å².